The lowest BCUT2D eigenvalue weighted by Gasteiger charge is -2.14. The Hall–Kier alpha value is -2.59. The second kappa shape index (κ2) is 9.69. The predicted octanol–water partition coefficient (Wildman–Crippen LogP) is 5.04. The maximum atomic E-state index is 12.3. The topological polar surface area (TPSA) is 102 Å². The second-order valence-corrected chi connectivity index (χ2v) is 10.3. The van der Waals surface area contributed by atoms with Gasteiger partial charge < -0.3 is 10.1 Å². The molecule has 0 aliphatic rings. The van der Waals surface area contributed by atoms with Crippen molar-refractivity contribution >= 4 is 67.8 Å². The zero-order valence-electron chi connectivity index (χ0n) is 16.0. The summed E-state index contributed by atoms with van der Waals surface area (Å²) in [7, 11) is -3.78. The van der Waals surface area contributed by atoms with Crippen LogP contribution in [0.5, 0.6) is 0 Å². The molecule has 3 aromatic rings. The normalized spacial score (nSPS) is 12.1. The smallest absolute Gasteiger partial charge is 0.338 e. The number of anilines is 2. The molecule has 0 aliphatic heterocycles. The zero-order chi connectivity index (χ0) is 22.6. The number of rotatable bonds is 7. The first kappa shape index (κ1) is 23.1. The van der Waals surface area contributed by atoms with Crippen molar-refractivity contribution in [1.29, 1.82) is 0 Å². The first-order valence-corrected chi connectivity index (χ1v) is 11.9. The van der Waals surface area contributed by atoms with Crippen molar-refractivity contribution in [2.24, 2.45) is 0 Å². The molecule has 7 nitrogen and oxygen atoms in total. The van der Waals surface area contributed by atoms with Crippen LogP contribution in [0.15, 0.2) is 64.9 Å². The number of carbonyl (C=O) groups excluding carboxylic acids is 2. The summed E-state index contributed by atoms with van der Waals surface area (Å²) in [6.45, 7) is 1.44. The Kier molecular flexibility index (Phi) is 7.22. The third kappa shape index (κ3) is 6.20. The van der Waals surface area contributed by atoms with Crippen molar-refractivity contribution in [1.82, 2.24) is 0 Å². The molecule has 162 valence electrons. The van der Waals surface area contributed by atoms with Gasteiger partial charge in [0.05, 0.1) is 9.90 Å². The standard InChI is InChI=1S/C20H16Cl2N2O5S2/c1-12(19(25)23-16-4-2-3-14(21)11-16)29-20(26)13-5-7-15(8-6-13)24-31(27,28)18-10-9-17(22)30-18/h2-12,24H,1H3,(H,23,25)/t12-/m1/s1. The van der Waals surface area contributed by atoms with E-state index in [2.05, 4.69) is 10.0 Å². The van der Waals surface area contributed by atoms with Gasteiger partial charge in [0, 0.05) is 16.4 Å². The number of ether oxygens (including phenoxy) is 1. The molecule has 2 N–H and O–H groups in total. The number of hydrogen-bond donors (Lipinski definition) is 2. The van der Waals surface area contributed by atoms with E-state index in [4.69, 9.17) is 27.9 Å². The molecule has 0 fully saturated rings. The van der Waals surface area contributed by atoms with Crippen molar-refractivity contribution < 1.29 is 22.7 Å². The van der Waals surface area contributed by atoms with E-state index < -0.39 is 28.0 Å². The van der Waals surface area contributed by atoms with Crippen LogP contribution in [-0.4, -0.2) is 26.4 Å². The monoisotopic (exact) mass is 498 g/mol. The molecule has 0 saturated heterocycles. The molecular formula is C20H16Cl2N2O5S2. The minimum absolute atomic E-state index is 0.0699. The lowest BCUT2D eigenvalue weighted by atomic mass is 10.2. The number of carbonyl (C=O) groups is 2. The molecular weight excluding hydrogens is 483 g/mol. The average molecular weight is 499 g/mol. The highest BCUT2D eigenvalue weighted by atomic mass is 35.5. The van der Waals surface area contributed by atoms with Crippen LogP contribution in [0.1, 0.15) is 17.3 Å². The van der Waals surface area contributed by atoms with Gasteiger partial charge >= 0.3 is 5.97 Å². The Balaban J connectivity index is 1.60. The molecule has 1 atom stereocenters. The van der Waals surface area contributed by atoms with Crippen molar-refractivity contribution in [2.75, 3.05) is 10.0 Å². The molecule has 2 aromatic carbocycles. The molecule has 1 amide bonds. The molecule has 11 heteroatoms. The highest BCUT2D eigenvalue weighted by Gasteiger charge is 2.20. The van der Waals surface area contributed by atoms with Crippen LogP contribution in [-0.2, 0) is 19.6 Å². The molecule has 0 spiro atoms. The Bertz CT molecular complexity index is 1210. The number of esters is 1. The van der Waals surface area contributed by atoms with E-state index in [0.717, 1.165) is 11.3 Å². The lowest BCUT2D eigenvalue weighted by molar-refractivity contribution is -0.123. The second-order valence-electron chi connectivity index (χ2n) is 6.29. The molecule has 1 heterocycles. The van der Waals surface area contributed by atoms with Gasteiger partial charge in [-0.2, -0.15) is 0 Å². The van der Waals surface area contributed by atoms with Gasteiger partial charge in [0.2, 0.25) is 0 Å². The van der Waals surface area contributed by atoms with Gasteiger partial charge in [-0.3, -0.25) is 9.52 Å². The van der Waals surface area contributed by atoms with Crippen LogP contribution < -0.4 is 10.0 Å². The Morgan fingerprint density at radius 2 is 1.71 bits per heavy atom. The maximum Gasteiger partial charge on any atom is 0.338 e. The third-order valence-electron chi connectivity index (χ3n) is 3.93. The highest BCUT2D eigenvalue weighted by molar-refractivity contribution is 7.94. The van der Waals surface area contributed by atoms with Crippen LogP contribution in [0, 0.1) is 0 Å². The summed E-state index contributed by atoms with van der Waals surface area (Å²) >= 11 is 12.6. The van der Waals surface area contributed by atoms with E-state index in [9.17, 15) is 18.0 Å². The summed E-state index contributed by atoms with van der Waals surface area (Å²) in [6.07, 6.45) is -1.06. The molecule has 0 bridgehead atoms. The van der Waals surface area contributed by atoms with Crippen LogP contribution in [0.25, 0.3) is 0 Å². The van der Waals surface area contributed by atoms with E-state index >= 15 is 0 Å². The van der Waals surface area contributed by atoms with Crippen molar-refractivity contribution in [3.05, 3.63) is 75.6 Å². The fraction of sp³-hybridized carbons (Fsp3) is 0.100. The summed E-state index contributed by atoms with van der Waals surface area (Å²) in [6, 6.07) is 15.1. The molecule has 0 radical (unpaired) electrons. The third-order valence-corrected chi connectivity index (χ3v) is 7.27. The number of nitrogens with one attached hydrogen (secondary N) is 2. The number of thiophene rings is 1. The minimum Gasteiger partial charge on any atom is -0.449 e. The first-order chi connectivity index (χ1) is 14.6. The fourth-order valence-corrected chi connectivity index (χ4v) is 5.15. The van der Waals surface area contributed by atoms with Gasteiger partial charge in [-0.05, 0) is 61.5 Å². The zero-order valence-corrected chi connectivity index (χ0v) is 19.1. The van der Waals surface area contributed by atoms with Crippen LogP contribution in [0.3, 0.4) is 0 Å². The summed E-state index contributed by atoms with van der Waals surface area (Å²) in [5.74, 6) is -1.25. The molecule has 0 unspecified atom stereocenters. The van der Waals surface area contributed by atoms with E-state index in [1.807, 2.05) is 0 Å². The Morgan fingerprint density at radius 3 is 2.32 bits per heavy atom. The van der Waals surface area contributed by atoms with Crippen molar-refractivity contribution in [2.45, 2.75) is 17.2 Å². The van der Waals surface area contributed by atoms with Crippen molar-refractivity contribution in [3.8, 4) is 0 Å². The Morgan fingerprint density at radius 1 is 1.00 bits per heavy atom. The van der Waals surface area contributed by atoms with Gasteiger partial charge in [-0.25, -0.2) is 13.2 Å². The van der Waals surface area contributed by atoms with Crippen LogP contribution in [0.2, 0.25) is 9.36 Å². The fourth-order valence-electron chi connectivity index (χ4n) is 2.41. The number of hydrogen-bond acceptors (Lipinski definition) is 6. The lowest BCUT2D eigenvalue weighted by Crippen LogP contribution is -2.30. The SMILES string of the molecule is C[C@@H](OC(=O)c1ccc(NS(=O)(=O)c2ccc(Cl)s2)cc1)C(=O)Nc1cccc(Cl)c1. The van der Waals surface area contributed by atoms with Gasteiger partial charge in [0.1, 0.15) is 4.21 Å². The summed E-state index contributed by atoms with van der Waals surface area (Å²) in [5.41, 5.74) is 0.890. The van der Waals surface area contributed by atoms with Gasteiger partial charge in [-0.15, -0.1) is 11.3 Å². The van der Waals surface area contributed by atoms with Gasteiger partial charge in [0.15, 0.2) is 6.10 Å². The van der Waals surface area contributed by atoms with Crippen LogP contribution in [0.4, 0.5) is 11.4 Å². The molecule has 3 rings (SSSR count). The highest BCUT2D eigenvalue weighted by Crippen LogP contribution is 2.27. The molecule has 1 aromatic heterocycles. The molecule has 0 saturated carbocycles. The van der Waals surface area contributed by atoms with Crippen LogP contribution >= 0.6 is 34.5 Å². The minimum atomic E-state index is -3.78. The summed E-state index contributed by atoms with van der Waals surface area (Å²) in [5, 5.41) is 3.06. The number of benzene rings is 2. The number of halogens is 2. The quantitative estimate of drug-likeness (QED) is 0.444. The average Bonchev–Trinajstić information content (AvgIpc) is 3.15. The van der Waals surface area contributed by atoms with E-state index in [0.29, 0.717) is 15.0 Å². The number of sulfonamides is 1. The van der Waals surface area contributed by atoms with Crippen molar-refractivity contribution in [3.63, 3.8) is 0 Å². The van der Waals surface area contributed by atoms with E-state index in [1.54, 1.807) is 24.3 Å². The summed E-state index contributed by atoms with van der Waals surface area (Å²) < 4.78 is 32.6. The largest absolute Gasteiger partial charge is 0.449 e. The maximum absolute atomic E-state index is 12.3. The van der Waals surface area contributed by atoms with Gasteiger partial charge in [-0.1, -0.05) is 29.3 Å². The first-order valence-electron chi connectivity index (χ1n) is 8.80. The molecule has 31 heavy (non-hydrogen) atoms. The number of amides is 1. The van der Waals surface area contributed by atoms with E-state index in [1.165, 1.54) is 43.3 Å². The van der Waals surface area contributed by atoms with E-state index in [-0.39, 0.29) is 15.5 Å². The predicted molar refractivity (Wildman–Crippen MR) is 122 cm³/mol. The van der Waals surface area contributed by atoms with Gasteiger partial charge in [0.25, 0.3) is 15.9 Å². The summed E-state index contributed by atoms with van der Waals surface area (Å²) in [4.78, 5) is 24.5. The molecule has 0 aliphatic carbocycles. The Labute approximate surface area is 193 Å².